The Hall–Kier alpha value is -2.35. The predicted molar refractivity (Wildman–Crippen MR) is 120 cm³/mol. The van der Waals surface area contributed by atoms with E-state index in [-0.39, 0.29) is 0 Å². The summed E-state index contributed by atoms with van der Waals surface area (Å²) in [6.07, 6.45) is 4.49. The molecule has 1 aromatic heterocycles. The van der Waals surface area contributed by atoms with Gasteiger partial charge in [-0.1, -0.05) is 0 Å². The molecule has 0 aliphatic heterocycles. The van der Waals surface area contributed by atoms with Crippen molar-refractivity contribution < 1.29 is 0 Å². The number of halogens is 1. The van der Waals surface area contributed by atoms with Gasteiger partial charge in [0.1, 0.15) is 0 Å². The SMILES string of the molecule is Brc1cncc(C[PH](c2ccccc2)(c2ccccc2)c2ccccc2)n1. The summed E-state index contributed by atoms with van der Waals surface area (Å²) in [6.45, 7) is 0. The molecule has 0 atom stereocenters. The van der Waals surface area contributed by atoms with Gasteiger partial charge in [0.15, 0.2) is 0 Å². The molecular weight excluding hydrogens is 415 g/mol. The minimum atomic E-state index is -2.31. The molecular formula is C23H20BrN2P. The standard InChI is InChI=1S/C23H20BrN2P/c24-23-17-25-16-19(26-23)18-27(20-10-4-1-5-11-20,21-12-6-2-7-13-21)22-14-8-3-9-15-22/h1-17,27H,18H2. The molecule has 0 saturated heterocycles. The quantitative estimate of drug-likeness (QED) is 0.433. The molecule has 0 aliphatic rings. The van der Waals surface area contributed by atoms with Gasteiger partial charge in [0.2, 0.25) is 0 Å². The molecule has 0 N–H and O–H groups in total. The third-order valence-corrected chi connectivity index (χ3v) is 10.1. The number of hydrogen-bond acceptors (Lipinski definition) is 2. The van der Waals surface area contributed by atoms with Gasteiger partial charge in [-0.15, -0.1) is 0 Å². The fourth-order valence-corrected chi connectivity index (χ4v) is 8.67. The number of rotatable bonds is 5. The second kappa shape index (κ2) is 8.12. The van der Waals surface area contributed by atoms with Crippen molar-refractivity contribution in [3.8, 4) is 0 Å². The molecule has 4 heteroatoms. The van der Waals surface area contributed by atoms with Crippen LogP contribution in [0.5, 0.6) is 0 Å². The van der Waals surface area contributed by atoms with Crippen LogP contribution in [0.3, 0.4) is 0 Å². The van der Waals surface area contributed by atoms with E-state index >= 15 is 0 Å². The van der Waals surface area contributed by atoms with Crippen molar-refractivity contribution in [2.75, 3.05) is 0 Å². The Labute approximate surface area is 168 Å². The van der Waals surface area contributed by atoms with Gasteiger partial charge in [-0.05, 0) is 0 Å². The number of benzene rings is 3. The maximum atomic E-state index is 4.72. The van der Waals surface area contributed by atoms with Gasteiger partial charge in [0, 0.05) is 0 Å². The molecule has 0 aliphatic carbocycles. The molecule has 1 heterocycles. The van der Waals surface area contributed by atoms with Gasteiger partial charge in [0.25, 0.3) is 0 Å². The third-order valence-electron chi connectivity index (χ3n) is 4.90. The molecule has 0 bridgehead atoms. The van der Waals surface area contributed by atoms with Crippen molar-refractivity contribution >= 4 is 39.1 Å². The summed E-state index contributed by atoms with van der Waals surface area (Å²) in [5.41, 5.74) is 1.01. The Morgan fingerprint density at radius 2 is 1.07 bits per heavy atom. The first-order valence-corrected chi connectivity index (χ1v) is 11.9. The van der Waals surface area contributed by atoms with E-state index in [2.05, 4.69) is 112 Å². The average molecular weight is 435 g/mol. The van der Waals surface area contributed by atoms with Gasteiger partial charge in [-0.2, -0.15) is 0 Å². The van der Waals surface area contributed by atoms with E-state index in [1.807, 2.05) is 6.20 Å². The normalized spacial score (nSPS) is 11.9. The molecule has 0 fully saturated rings. The van der Waals surface area contributed by atoms with Crippen LogP contribution in [-0.2, 0) is 6.16 Å². The third kappa shape index (κ3) is 3.71. The minimum absolute atomic E-state index is 0.775. The van der Waals surface area contributed by atoms with Crippen LogP contribution < -0.4 is 15.9 Å². The first-order valence-electron chi connectivity index (χ1n) is 8.92. The summed E-state index contributed by atoms with van der Waals surface area (Å²) < 4.78 is 0.775. The summed E-state index contributed by atoms with van der Waals surface area (Å²) >= 11 is 3.48. The molecule has 0 saturated carbocycles. The zero-order valence-corrected chi connectivity index (χ0v) is 17.4. The zero-order chi connectivity index (χ0) is 18.5. The van der Waals surface area contributed by atoms with Crippen LogP contribution in [-0.4, -0.2) is 9.97 Å². The molecule has 4 aromatic rings. The van der Waals surface area contributed by atoms with E-state index in [9.17, 15) is 0 Å². The summed E-state index contributed by atoms with van der Waals surface area (Å²) in [5.74, 6) is 0. The van der Waals surface area contributed by atoms with E-state index in [0.717, 1.165) is 16.5 Å². The monoisotopic (exact) mass is 434 g/mol. The Morgan fingerprint density at radius 3 is 1.48 bits per heavy atom. The van der Waals surface area contributed by atoms with Crippen molar-refractivity contribution in [2.45, 2.75) is 6.16 Å². The van der Waals surface area contributed by atoms with Crippen LogP contribution in [0.1, 0.15) is 5.69 Å². The Morgan fingerprint density at radius 1 is 0.630 bits per heavy atom. The van der Waals surface area contributed by atoms with Crippen LogP contribution in [0.25, 0.3) is 0 Å². The summed E-state index contributed by atoms with van der Waals surface area (Å²) in [6, 6.07) is 32.6. The zero-order valence-electron chi connectivity index (χ0n) is 14.8. The van der Waals surface area contributed by atoms with E-state index < -0.39 is 7.26 Å². The number of nitrogens with zero attached hydrogens (tertiary/aromatic N) is 2. The molecule has 27 heavy (non-hydrogen) atoms. The molecule has 0 spiro atoms. The van der Waals surface area contributed by atoms with Crippen molar-refractivity contribution in [3.05, 3.63) is 114 Å². The van der Waals surface area contributed by atoms with Crippen LogP contribution in [0, 0.1) is 0 Å². The van der Waals surface area contributed by atoms with Gasteiger partial charge >= 0.3 is 169 Å². The van der Waals surface area contributed by atoms with Gasteiger partial charge in [0.05, 0.1) is 0 Å². The van der Waals surface area contributed by atoms with E-state index in [4.69, 9.17) is 4.98 Å². The van der Waals surface area contributed by atoms with E-state index in [0.29, 0.717) is 0 Å². The molecule has 2 nitrogen and oxygen atoms in total. The van der Waals surface area contributed by atoms with Crippen LogP contribution in [0.4, 0.5) is 0 Å². The fourth-order valence-electron chi connectivity index (χ4n) is 3.71. The van der Waals surface area contributed by atoms with Crippen molar-refractivity contribution in [1.82, 2.24) is 9.97 Å². The molecule has 0 radical (unpaired) electrons. The molecule has 0 amide bonds. The number of hydrogen-bond donors (Lipinski definition) is 0. The fraction of sp³-hybridized carbons (Fsp3) is 0.0435. The molecule has 4 rings (SSSR count). The summed E-state index contributed by atoms with van der Waals surface area (Å²) in [5, 5.41) is 4.14. The second-order valence-corrected chi connectivity index (χ2v) is 11.2. The summed E-state index contributed by atoms with van der Waals surface area (Å²) in [4.78, 5) is 9.09. The molecule has 3 aromatic carbocycles. The predicted octanol–water partition coefficient (Wildman–Crippen LogP) is 4.47. The molecule has 0 unspecified atom stereocenters. The van der Waals surface area contributed by atoms with E-state index in [1.165, 1.54) is 15.9 Å². The first-order chi connectivity index (χ1) is 13.3. The Kier molecular flexibility index (Phi) is 5.42. The van der Waals surface area contributed by atoms with Gasteiger partial charge < -0.3 is 0 Å². The Balaban J connectivity index is 2.00. The average Bonchev–Trinajstić information content (AvgIpc) is 2.74. The summed E-state index contributed by atoms with van der Waals surface area (Å²) in [7, 11) is -2.31. The van der Waals surface area contributed by atoms with Crippen molar-refractivity contribution in [1.29, 1.82) is 0 Å². The van der Waals surface area contributed by atoms with Gasteiger partial charge in [-0.3, -0.25) is 0 Å². The van der Waals surface area contributed by atoms with Crippen LogP contribution in [0.2, 0.25) is 0 Å². The first kappa shape index (κ1) is 18.0. The van der Waals surface area contributed by atoms with Crippen LogP contribution >= 0.6 is 23.2 Å². The van der Waals surface area contributed by atoms with Crippen molar-refractivity contribution in [2.24, 2.45) is 0 Å². The van der Waals surface area contributed by atoms with Crippen molar-refractivity contribution in [3.63, 3.8) is 0 Å². The van der Waals surface area contributed by atoms with Gasteiger partial charge in [-0.25, -0.2) is 0 Å². The van der Waals surface area contributed by atoms with Crippen LogP contribution in [0.15, 0.2) is 108 Å². The van der Waals surface area contributed by atoms with E-state index in [1.54, 1.807) is 6.20 Å². The Bertz CT molecular complexity index is 911. The second-order valence-electron chi connectivity index (χ2n) is 6.51. The maximum absolute atomic E-state index is 4.72. The number of aromatic nitrogens is 2. The molecule has 134 valence electrons. The topological polar surface area (TPSA) is 25.8 Å².